The quantitative estimate of drug-likeness (QED) is 0.279. The summed E-state index contributed by atoms with van der Waals surface area (Å²) in [4.78, 5) is 29.1. The fourth-order valence-electron chi connectivity index (χ4n) is 4.65. The van der Waals surface area contributed by atoms with Crippen LogP contribution >= 0.6 is 35.0 Å². The molecule has 37 heavy (non-hydrogen) atoms. The van der Waals surface area contributed by atoms with E-state index >= 15 is 0 Å². The predicted octanol–water partition coefficient (Wildman–Crippen LogP) is 6.93. The third-order valence-electron chi connectivity index (χ3n) is 6.68. The van der Waals surface area contributed by atoms with Gasteiger partial charge in [-0.2, -0.15) is 0 Å². The fourth-order valence-corrected chi connectivity index (χ4v) is 5.84. The molecule has 3 aromatic carbocycles. The Bertz CT molecular complexity index is 1170. The van der Waals surface area contributed by atoms with Crippen LogP contribution in [0.15, 0.2) is 78.9 Å². The van der Waals surface area contributed by atoms with Crippen LogP contribution < -0.4 is 5.32 Å². The van der Waals surface area contributed by atoms with Crippen LogP contribution in [0.2, 0.25) is 10.0 Å². The van der Waals surface area contributed by atoms with Crippen molar-refractivity contribution >= 4 is 46.8 Å². The summed E-state index contributed by atoms with van der Waals surface area (Å²) in [5.41, 5.74) is 2.94. The fraction of sp³-hybridized carbons (Fsp3) is 0.333. The van der Waals surface area contributed by atoms with Crippen molar-refractivity contribution in [1.29, 1.82) is 0 Å². The Kier molecular flexibility index (Phi) is 10.4. The summed E-state index contributed by atoms with van der Waals surface area (Å²) in [5.74, 6) is 0.760. The third-order valence-corrected chi connectivity index (χ3v) is 8.29. The largest absolute Gasteiger partial charge is 0.352 e. The summed E-state index contributed by atoms with van der Waals surface area (Å²) >= 11 is 14.0. The highest BCUT2D eigenvalue weighted by Gasteiger charge is 2.32. The first-order valence-corrected chi connectivity index (χ1v) is 14.6. The molecule has 1 atom stereocenters. The van der Waals surface area contributed by atoms with Crippen molar-refractivity contribution in [3.8, 4) is 0 Å². The summed E-state index contributed by atoms with van der Waals surface area (Å²) < 4.78 is 0. The molecule has 0 aromatic heterocycles. The highest BCUT2D eigenvalue weighted by molar-refractivity contribution is 7.99. The van der Waals surface area contributed by atoms with Gasteiger partial charge in [0.2, 0.25) is 11.8 Å². The number of hydrogen-bond donors (Lipinski definition) is 1. The maximum absolute atomic E-state index is 13.7. The number of rotatable bonds is 11. The van der Waals surface area contributed by atoms with Crippen LogP contribution in [0.3, 0.4) is 0 Å². The summed E-state index contributed by atoms with van der Waals surface area (Å²) in [5, 5.41) is 4.51. The van der Waals surface area contributed by atoms with Crippen LogP contribution in [0.4, 0.5) is 0 Å². The molecule has 1 aliphatic rings. The number of halogens is 2. The second kappa shape index (κ2) is 13.9. The number of carbonyl (C=O) groups is 2. The van der Waals surface area contributed by atoms with Gasteiger partial charge >= 0.3 is 0 Å². The van der Waals surface area contributed by atoms with Crippen LogP contribution in [0, 0.1) is 0 Å². The molecule has 2 amide bonds. The molecule has 1 aliphatic carbocycles. The highest BCUT2D eigenvalue weighted by atomic mass is 35.5. The number of benzene rings is 3. The van der Waals surface area contributed by atoms with Crippen molar-refractivity contribution in [1.82, 2.24) is 10.2 Å². The lowest BCUT2D eigenvalue weighted by Gasteiger charge is -2.32. The maximum atomic E-state index is 13.7. The van der Waals surface area contributed by atoms with E-state index in [-0.39, 0.29) is 30.2 Å². The molecule has 0 aliphatic heterocycles. The zero-order valence-corrected chi connectivity index (χ0v) is 23.1. The number of carbonyl (C=O) groups excluding carboxylic acids is 2. The molecule has 0 unspecified atom stereocenters. The number of nitrogens with zero attached hydrogens (tertiary/aromatic N) is 1. The number of amides is 2. The first-order valence-electron chi connectivity index (χ1n) is 12.7. The molecule has 4 rings (SSSR count). The van der Waals surface area contributed by atoms with E-state index in [1.807, 2.05) is 78.9 Å². The normalized spacial score (nSPS) is 14.3. The van der Waals surface area contributed by atoms with Gasteiger partial charge in [0, 0.05) is 34.8 Å². The summed E-state index contributed by atoms with van der Waals surface area (Å²) in [6.45, 7) is 0.273. The number of hydrogen-bond acceptors (Lipinski definition) is 3. The van der Waals surface area contributed by atoms with E-state index in [4.69, 9.17) is 23.2 Å². The van der Waals surface area contributed by atoms with Gasteiger partial charge in [0.15, 0.2) is 0 Å². The summed E-state index contributed by atoms with van der Waals surface area (Å²) in [6.07, 6.45) is 4.66. The topological polar surface area (TPSA) is 49.4 Å². The zero-order valence-electron chi connectivity index (χ0n) is 20.7. The second-order valence-corrected chi connectivity index (χ2v) is 11.3. The van der Waals surface area contributed by atoms with Gasteiger partial charge in [-0.05, 0) is 47.7 Å². The van der Waals surface area contributed by atoms with Crippen LogP contribution in [0.1, 0.15) is 42.4 Å². The Hall–Kier alpha value is -2.47. The Labute approximate surface area is 233 Å². The zero-order chi connectivity index (χ0) is 26.0. The van der Waals surface area contributed by atoms with Gasteiger partial charge in [-0.1, -0.05) is 96.7 Å². The molecule has 0 radical (unpaired) electrons. The van der Waals surface area contributed by atoms with Gasteiger partial charge in [0.1, 0.15) is 6.04 Å². The monoisotopic (exact) mass is 554 g/mol. The van der Waals surface area contributed by atoms with Crippen molar-refractivity contribution < 1.29 is 9.59 Å². The minimum atomic E-state index is -0.636. The third kappa shape index (κ3) is 8.26. The lowest BCUT2D eigenvalue weighted by molar-refractivity contribution is -0.139. The van der Waals surface area contributed by atoms with Crippen molar-refractivity contribution in [3.05, 3.63) is 106 Å². The van der Waals surface area contributed by atoms with Crippen LogP contribution in [0.25, 0.3) is 0 Å². The Morgan fingerprint density at radius 2 is 1.57 bits per heavy atom. The molecule has 194 valence electrons. The standard InChI is InChI=1S/C30H32Cl2N2O2S/c31-25-16-14-23(15-17-25)20-37-21-29(35)34(19-24-10-4-7-13-27(24)32)28(18-22-8-2-1-3-9-22)30(36)33-26-11-5-6-12-26/h1-4,7-10,13-17,26,28H,5-6,11-12,18-21H2,(H,33,36)/t28-/m0/s1. The minimum Gasteiger partial charge on any atom is -0.352 e. The van der Waals surface area contributed by atoms with Crippen LogP contribution in [0.5, 0.6) is 0 Å². The van der Waals surface area contributed by atoms with Crippen LogP contribution in [-0.2, 0) is 28.3 Å². The van der Waals surface area contributed by atoms with Crippen molar-refractivity contribution in [2.45, 2.75) is 56.5 Å². The predicted molar refractivity (Wildman–Crippen MR) is 154 cm³/mol. The molecular weight excluding hydrogens is 523 g/mol. The molecule has 7 heteroatoms. The first-order chi connectivity index (χ1) is 18.0. The molecule has 0 heterocycles. The number of nitrogens with one attached hydrogen (secondary N) is 1. The summed E-state index contributed by atoms with van der Waals surface area (Å²) in [7, 11) is 0. The lowest BCUT2D eigenvalue weighted by atomic mass is 10.0. The van der Waals surface area contributed by atoms with Gasteiger partial charge in [-0.15, -0.1) is 11.8 Å². The lowest BCUT2D eigenvalue weighted by Crippen LogP contribution is -2.52. The van der Waals surface area contributed by atoms with Crippen molar-refractivity contribution in [2.24, 2.45) is 0 Å². The van der Waals surface area contributed by atoms with E-state index in [1.165, 1.54) is 11.8 Å². The molecule has 1 N–H and O–H groups in total. The van der Waals surface area contributed by atoms with E-state index in [0.29, 0.717) is 22.2 Å². The molecule has 0 spiro atoms. The molecule has 1 fully saturated rings. The number of thioether (sulfide) groups is 1. The van der Waals surface area contributed by atoms with E-state index < -0.39 is 6.04 Å². The van der Waals surface area contributed by atoms with Gasteiger partial charge in [0.05, 0.1) is 5.75 Å². The molecular formula is C30H32Cl2N2O2S. The minimum absolute atomic E-state index is 0.0820. The van der Waals surface area contributed by atoms with Crippen molar-refractivity contribution in [3.63, 3.8) is 0 Å². The smallest absolute Gasteiger partial charge is 0.243 e. The molecule has 0 bridgehead atoms. The Morgan fingerprint density at radius 1 is 0.892 bits per heavy atom. The average Bonchev–Trinajstić information content (AvgIpc) is 3.42. The summed E-state index contributed by atoms with van der Waals surface area (Å²) in [6, 6.07) is 24.6. The molecule has 3 aromatic rings. The Morgan fingerprint density at radius 3 is 2.27 bits per heavy atom. The van der Waals surface area contributed by atoms with E-state index in [9.17, 15) is 9.59 Å². The van der Waals surface area contributed by atoms with Gasteiger partial charge < -0.3 is 10.2 Å². The SMILES string of the molecule is O=C(NC1CCCC1)[C@H](Cc1ccccc1)N(Cc1ccccc1Cl)C(=O)CSCc1ccc(Cl)cc1. The van der Waals surface area contributed by atoms with Crippen molar-refractivity contribution in [2.75, 3.05) is 5.75 Å². The first kappa shape index (κ1) is 27.6. The van der Waals surface area contributed by atoms with E-state index in [2.05, 4.69) is 5.32 Å². The van der Waals surface area contributed by atoms with Gasteiger partial charge in [0.25, 0.3) is 0 Å². The molecule has 0 saturated heterocycles. The highest BCUT2D eigenvalue weighted by Crippen LogP contribution is 2.24. The van der Waals surface area contributed by atoms with Gasteiger partial charge in [-0.25, -0.2) is 0 Å². The average molecular weight is 556 g/mol. The molecule has 1 saturated carbocycles. The molecule has 4 nitrogen and oxygen atoms in total. The second-order valence-electron chi connectivity index (χ2n) is 9.43. The van der Waals surface area contributed by atoms with E-state index in [1.54, 1.807) is 4.90 Å². The van der Waals surface area contributed by atoms with Gasteiger partial charge in [-0.3, -0.25) is 9.59 Å². The maximum Gasteiger partial charge on any atom is 0.243 e. The van der Waals surface area contributed by atoms with E-state index in [0.717, 1.165) is 42.4 Å². The Balaban J connectivity index is 1.56. The van der Waals surface area contributed by atoms with Crippen LogP contribution in [-0.4, -0.2) is 34.6 Å².